The standard InChI is InChI=1S/C16H13ClN2S/c17-13-8-6-12(7-9-13)10-15-11-18-16(20-15)19-14-4-2-1-3-5-14/h1-9,11H,10H2,(H,18,19). The monoisotopic (exact) mass is 300 g/mol. The third kappa shape index (κ3) is 3.38. The molecule has 0 bridgehead atoms. The molecule has 0 amide bonds. The smallest absolute Gasteiger partial charge is 0.187 e. The number of halogens is 1. The molecule has 0 radical (unpaired) electrons. The van der Waals surface area contributed by atoms with Gasteiger partial charge < -0.3 is 5.32 Å². The molecule has 3 rings (SSSR count). The Balaban J connectivity index is 1.69. The van der Waals surface area contributed by atoms with E-state index >= 15 is 0 Å². The van der Waals surface area contributed by atoms with Gasteiger partial charge in [-0.3, -0.25) is 0 Å². The summed E-state index contributed by atoms with van der Waals surface area (Å²) < 4.78 is 0. The van der Waals surface area contributed by atoms with Gasteiger partial charge in [-0.2, -0.15) is 0 Å². The molecule has 3 aromatic rings. The summed E-state index contributed by atoms with van der Waals surface area (Å²) in [4.78, 5) is 5.63. The molecule has 0 aliphatic carbocycles. The van der Waals surface area contributed by atoms with Crippen LogP contribution in [0.25, 0.3) is 0 Å². The highest BCUT2D eigenvalue weighted by atomic mass is 35.5. The number of nitrogens with one attached hydrogen (secondary N) is 1. The molecule has 0 aliphatic rings. The molecule has 0 atom stereocenters. The van der Waals surface area contributed by atoms with Gasteiger partial charge in [0.25, 0.3) is 0 Å². The second-order valence-electron chi connectivity index (χ2n) is 4.43. The number of aromatic nitrogens is 1. The molecule has 0 fully saturated rings. The number of anilines is 2. The Hall–Kier alpha value is -1.84. The average Bonchev–Trinajstić information content (AvgIpc) is 2.90. The lowest BCUT2D eigenvalue weighted by Gasteiger charge is -2.00. The van der Waals surface area contributed by atoms with Crippen molar-refractivity contribution in [1.29, 1.82) is 0 Å². The van der Waals surface area contributed by atoms with Gasteiger partial charge in [-0.1, -0.05) is 41.9 Å². The van der Waals surface area contributed by atoms with Crippen molar-refractivity contribution in [3.63, 3.8) is 0 Å². The van der Waals surface area contributed by atoms with Crippen molar-refractivity contribution >= 4 is 33.8 Å². The van der Waals surface area contributed by atoms with Crippen LogP contribution >= 0.6 is 22.9 Å². The molecule has 0 unspecified atom stereocenters. The average molecular weight is 301 g/mol. The van der Waals surface area contributed by atoms with Crippen LogP contribution in [0.1, 0.15) is 10.4 Å². The Kier molecular flexibility index (Phi) is 4.00. The van der Waals surface area contributed by atoms with Gasteiger partial charge in [-0.15, -0.1) is 11.3 Å². The number of hydrogen-bond acceptors (Lipinski definition) is 3. The largest absolute Gasteiger partial charge is 0.332 e. The Morgan fingerprint density at radius 2 is 1.75 bits per heavy atom. The van der Waals surface area contributed by atoms with E-state index in [1.807, 2.05) is 60.8 Å². The van der Waals surface area contributed by atoms with Gasteiger partial charge >= 0.3 is 0 Å². The lowest BCUT2D eigenvalue weighted by Crippen LogP contribution is -1.87. The minimum Gasteiger partial charge on any atom is -0.332 e. The van der Waals surface area contributed by atoms with Gasteiger partial charge in [0.2, 0.25) is 0 Å². The zero-order valence-electron chi connectivity index (χ0n) is 10.7. The first-order valence-corrected chi connectivity index (χ1v) is 7.50. The van der Waals surface area contributed by atoms with Gasteiger partial charge in [0.05, 0.1) is 0 Å². The molecule has 100 valence electrons. The minimum atomic E-state index is 0.768. The number of hydrogen-bond donors (Lipinski definition) is 1. The highest BCUT2D eigenvalue weighted by Gasteiger charge is 2.03. The molecule has 0 saturated heterocycles. The molecule has 2 aromatic carbocycles. The molecule has 1 heterocycles. The SMILES string of the molecule is Clc1ccc(Cc2cnc(Nc3ccccc3)s2)cc1. The van der Waals surface area contributed by atoms with Gasteiger partial charge in [0, 0.05) is 28.2 Å². The van der Waals surface area contributed by atoms with Crippen molar-refractivity contribution < 1.29 is 0 Å². The molecule has 20 heavy (non-hydrogen) atoms. The Morgan fingerprint density at radius 3 is 2.50 bits per heavy atom. The van der Waals surface area contributed by atoms with E-state index in [1.165, 1.54) is 10.4 Å². The summed E-state index contributed by atoms with van der Waals surface area (Å²) in [6, 6.07) is 18.0. The number of nitrogens with zero attached hydrogens (tertiary/aromatic N) is 1. The molecule has 4 heteroatoms. The van der Waals surface area contributed by atoms with Crippen LogP contribution in [-0.4, -0.2) is 4.98 Å². The van der Waals surface area contributed by atoms with Gasteiger partial charge in [-0.25, -0.2) is 4.98 Å². The topological polar surface area (TPSA) is 24.9 Å². The maximum Gasteiger partial charge on any atom is 0.187 e. The number of benzene rings is 2. The van der Waals surface area contributed by atoms with Crippen molar-refractivity contribution in [3.8, 4) is 0 Å². The first-order chi connectivity index (χ1) is 9.79. The minimum absolute atomic E-state index is 0.768. The summed E-state index contributed by atoms with van der Waals surface area (Å²) in [6.45, 7) is 0. The van der Waals surface area contributed by atoms with E-state index in [2.05, 4.69) is 10.3 Å². The van der Waals surface area contributed by atoms with E-state index in [0.717, 1.165) is 22.3 Å². The van der Waals surface area contributed by atoms with Crippen LogP contribution in [0.4, 0.5) is 10.8 Å². The van der Waals surface area contributed by atoms with Crippen molar-refractivity contribution in [2.45, 2.75) is 6.42 Å². The summed E-state index contributed by atoms with van der Waals surface area (Å²) in [6.07, 6.45) is 2.80. The fourth-order valence-electron chi connectivity index (χ4n) is 1.90. The molecule has 1 aromatic heterocycles. The van der Waals surface area contributed by atoms with Gasteiger partial charge in [0.15, 0.2) is 5.13 Å². The van der Waals surface area contributed by atoms with Crippen LogP contribution in [0.3, 0.4) is 0 Å². The summed E-state index contributed by atoms with van der Waals surface area (Å²) in [5, 5.41) is 4.99. The summed E-state index contributed by atoms with van der Waals surface area (Å²) in [7, 11) is 0. The molecular formula is C16H13ClN2S. The van der Waals surface area contributed by atoms with Crippen LogP contribution in [-0.2, 0) is 6.42 Å². The lowest BCUT2D eigenvalue weighted by molar-refractivity contribution is 1.22. The van der Waals surface area contributed by atoms with E-state index in [4.69, 9.17) is 11.6 Å². The Morgan fingerprint density at radius 1 is 1.00 bits per heavy atom. The summed E-state index contributed by atoms with van der Waals surface area (Å²) >= 11 is 7.56. The van der Waals surface area contributed by atoms with Gasteiger partial charge in [0.1, 0.15) is 0 Å². The van der Waals surface area contributed by atoms with Crippen molar-refractivity contribution in [3.05, 3.63) is 76.3 Å². The van der Waals surface area contributed by atoms with Crippen LogP contribution < -0.4 is 5.32 Å². The van der Waals surface area contributed by atoms with Crippen molar-refractivity contribution in [2.75, 3.05) is 5.32 Å². The first kappa shape index (κ1) is 13.2. The van der Waals surface area contributed by atoms with Crippen LogP contribution in [0.15, 0.2) is 60.8 Å². The molecule has 1 N–H and O–H groups in total. The first-order valence-electron chi connectivity index (χ1n) is 6.31. The van der Waals surface area contributed by atoms with E-state index in [1.54, 1.807) is 11.3 Å². The number of para-hydroxylation sites is 1. The maximum absolute atomic E-state index is 5.89. The summed E-state index contributed by atoms with van der Waals surface area (Å²) in [5.41, 5.74) is 2.30. The van der Waals surface area contributed by atoms with Crippen LogP contribution in [0.2, 0.25) is 5.02 Å². The van der Waals surface area contributed by atoms with Crippen molar-refractivity contribution in [2.24, 2.45) is 0 Å². The molecule has 2 nitrogen and oxygen atoms in total. The normalized spacial score (nSPS) is 10.4. The van der Waals surface area contributed by atoms with E-state index in [9.17, 15) is 0 Å². The molecule has 0 aliphatic heterocycles. The summed E-state index contributed by atoms with van der Waals surface area (Å²) in [5.74, 6) is 0. The van der Waals surface area contributed by atoms with E-state index in [-0.39, 0.29) is 0 Å². The zero-order chi connectivity index (χ0) is 13.8. The fraction of sp³-hybridized carbons (Fsp3) is 0.0625. The van der Waals surface area contributed by atoms with Gasteiger partial charge in [-0.05, 0) is 29.8 Å². The van der Waals surface area contributed by atoms with Crippen LogP contribution in [0.5, 0.6) is 0 Å². The zero-order valence-corrected chi connectivity index (χ0v) is 12.3. The van der Waals surface area contributed by atoms with E-state index in [0.29, 0.717) is 0 Å². The highest BCUT2D eigenvalue weighted by molar-refractivity contribution is 7.15. The third-order valence-electron chi connectivity index (χ3n) is 2.87. The van der Waals surface area contributed by atoms with E-state index < -0.39 is 0 Å². The number of rotatable bonds is 4. The fourth-order valence-corrected chi connectivity index (χ4v) is 2.89. The molecular weight excluding hydrogens is 288 g/mol. The molecule has 0 saturated carbocycles. The third-order valence-corrected chi connectivity index (χ3v) is 4.03. The second-order valence-corrected chi connectivity index (χ2v) is 5.98. The lowest BCUT2D eigenvalue weighted by atomic mass is 10.1. The quantitative estimate of drug-likeness (QED) is 0.722. The Labute approximate surface area is 127 Å². The number of thiazole rings is 1. The van der Waals surface area contributed by atoms with Crippen molar-refractivity contribution in [1.82, 2.24) is 4.98 Å². The molecule has 0 spiro atoms. The predicted molar refractivity (Wildman–Crippen MR) is 86.1 cm³/mol. The van der Waals surface area contributed by atoms with Crippen LogP contribution in [0, 0.1) is 0 Å². The maximum atomic E-state index is 5.89. The Bertz CT molecular complexity index is 677. The second kappa shape index (κ2) is 6.07. The highest BCUT2D eigenvalue weighted by Crippen LogP contribution is 2.24. The predicted octanol–water partition coefficient (Wildman–Crippen LogP) is 5.13.